The number of benzene rings is 1. The molecule has 106 valence electrons. The number of hydrogen-bond acceptors (Lipinski definition) is 3. The molecule has 1 unspecified atom stereocenters. The van der Waals surface area contributed by atoms with E-state index in [1.165, 1.54) is 0 Å². The van der Waals surface area contributed by atoms with Crippen LogP contribution in [0.15, 0.2) is 30.9 Å². The Bertz CT molecular complexity index is 554. The molecule has 0 aromatic heterocycles. The summed E-state index contributed by atoms with van der Waals surface area (Å²) in [4.78, 5) is 25.1. The summed E-state index contributed by atoms with van der Waals surface area (Å²) >= 11 is 0. The molecular weight excluding hydrogens is 256 g/mol. The van der Waals surface area contributed by atoms with Gasteiger partial charge in [-0.25, -0.2) is 0 Å². The first kappa shape index (κ1) is 14.1. The average molecular weight is 274 g/mol. The maximum atomic E-state index is 12.3. The molecule has 1 aliphatic rings. The summed E-state index contributed by atoms with van der Waals surface area (Å²) in [5.41, 5.74) is 1.80. The van der Waals surface area contributed by atoms with Gasteiger partial charge in [-0.3, -0.25) is 9.59 Å². The van der Waals surface area contributed by atoms with Gasteiger partial charge in [-0.1, -0.05) is 12.6 Å². The van der Waals surface area contributed by atoms with Crippen molar-refractivity contribution in [3.05, 3.63) is 36.4 Å². The quantitative estimate of drug-likeness (QED) is 0.848. The van der Waals surface area contributed by atoms with Crippen molar-refractivity contribution in [3.8, 4) is 5.75 Å². The second-order valence-electron chi connectivity index (χ2n) is 4.83. The number of aryl methyl sites for hydroxylation is 1. The first-order valence-electron chi connectivity index (χ1n) is 6.49. The van der Waals surface area contributed by atoms with E-state index in [0.29, 0.717) is 12.3 Å². The van der Waals surface area contributed by atoms with E-state index in [9.17, 15) is 9.59 Å². The van der Waals surface area contributed by atoms with Gasteiger partial charge in [0.2, 0.25) is 11.8 Å². The molecule has 0 spiro atoms. The molecule has 0 fully saturated rings. The summed E-state index contributed by atoms with van der Waals surface area (Å²) in [5.74, 6) is 0.170. The Morgan fingerprint density at radius 1 is 1.55 bits per heavy atom. The SMILES string of the molecule is C=CC(=O)NCC(=O)N1CC(C)Oc2ccc(C)cc21. The van der Waals surface area contributed by atoms with Crippen LogP contribution in [0.4, 0.5) is 5.69 Å². The Labute approximate surface area is 118 Å². The first-order chi connectivity index (χ1) is 9.51. The fraction of sp³-hybridized carbons (Fsp3) is 0.333. The standard InChI is InChI=1S/C15H18N2O3/c1-4-14(18)16-8-15(19)17-9-11(3)20-13-6-5-10(2)7-12(13)17/h4-7,11H,1,8-9H2,2-3H3,(H,16,18). The van der Waals surface area contributed by atoms with Crippen molar-refractivity contribution >= 4 is 17.5 Å². The van der Waals surface area contributed by atoms with Crippen LogP contribution in [0.3, 0.4) is 0 Å². The third kappa shape index (κ3) is 2.99. The van der Waals surface area contributed by atoms with Gasteiger partial charge in [-0.2, -0.15) is 0 Å². The summed E-state index contributed by atoms with van der Waals surface area (Å²) in [6, 6.07) is 5.72. The van der Waals surface area contributed by atoms with E-state index in [2.05, 4.69) is 11.9 Å². The second kappa shape index (κ2) is 5.77. The molecule has 5 heteroatoms. The molecule has 1 atom stereocenters. The minimum Gasteiger partial charge on any atom is -0.487 e. The molecule has 1 aliphatic heterocycles. The van der Waals surface area contributed by atoms with Gasteiger partial charge >= 0.3 is 0 Å². The highest BCUT2D eigenvalue weighted by molar-refractivity contribution is 5.99. The zero-order chi connectivity index (χ0) is 14.7. The lowest BCUT2D eigenvalue weighted by Crippen LogP contribution is -2.46. The molecule has 0 saturated carbocycles. The number of hydrogen-bond donors (Lipinski definition) is 1. The van der Waals surface area contributed by atoms with E-state index in [1.54, 1.807) is 4.90 Å². The van der Waals surface area contributed by atoms with Crippen LogP contribution in [-0.2, 0) is 9.59 Å². The van der Waals surface area contributed by atoms with E-state index in [1.807, 2.05) is 32.0 Å². The Balaban J connectivity index is 2.19. The van der Waals surface area contributed by atoms with Crippen molar-refractivity contribution < 1.29 is 14.3 Å². The van der Waals surface area contributed by atoms with Gasteiger partial charge in [-0.05, 0) is 37.6 Å². The summed E-state index contributed by atoms with van der Waals surface area (Å²) < 4.78 is 5.72. The number of carbonyl (C=O) groups excluding carboxylic acids is 2. The highest BCUT2D eigenvalue weighted by atomic mass is 16.5. The number of amides is 2. The molecule has 1 aromatic rings. The van der Waals surface area contributed by atoms with Crippen LogP contribution in [0.2, 0.25) is 0 Å². The molecular formula is C15H18N2O3. The third-order valence-electron chi connectivity index (χ3n) is 3.07. The van der Waals surface area contributed by atoms with Crippen LogP contribution < -0.4 is 15.0 Å². The molecule has 1 heterocycles. The molecule has 0 saturated heterocycles. The predicted molar refractivity (Wildman–Crippen MR) is 76.8 cm³/mol. The average Bonchev–Trinajstić information content (AvgIpc) is 2.43. The largest absolute Gasteiger partial charge is 0.487 e. The number of ether oxygens (including phenoxy) is 1. The number of nitrogens with zero attached hydrogens (tertiary/aromatic N) is 1. The van der Waals surface area contributed by atoms with Gasteiger partial charge in [0.1, 0.15) is 11.9 Å². The van der Waals surface area contributed by atoms with Crippen LogP contribution in [0, 0.1) is 6.92 Å². The number of nitrogens with one attached hydrogen (secondary N) is 1. The molecule has 5 nitrogen and oxygen atoms in total. The number of anilines is 1. The molecule has 1 N–H and O–H groups in total. The number of fused-ring (bicyclic) bond motifs is 1. The van der Waals surface area contributed by atoms with E-state index < -0.39 is 0 Å². The van der Waals surface area contributed by atoms with Crippen LogP contribution >= 0.6 is 0 Å². The van der Waals surface area contributed by atoms with E-state index in [-0.39, 0.29) is 24.5 Å². The first-order valence-corrected chi connectivity index (χ1v) is 6.49. The van der Waals surface area contributed by atoms with Crippen molar-refractivity contribution in [2.45, 2.75) is 20.0 Å². The Morgan fingerprint density at radius 3 is 3.00 bits per heavy atom. The van der Waals surface area contributed by atoms with Crippen molar-refractivity contribution in [2.24, 2.45) is 0 Å². The van der Waals surface area contributed by atoms with Crippen molar-refractivity contribution in [2.75, 3.05) is 18.0 Å². The topological polar surface area (TPSA) is 58.6 Å². The Morgan fingerprint density at radius 2 is 2.30 bits per heavy atom. The minimum absolute atomic E-state index is 0.0506. The highest BCUT2D eigenvalue weighted by Gasteiger charge is 2.27. The lowest BCUT2D eigenvalue weighted by molar-refractivity contribution is -0.122. The van der Waals surface area contributed by atoms with E-state index in [0.717, 1.165) is 17.3 Å². The fourth-order valence-electron chi connectivity index (χ4n) is 2.11. The van der Waals surface area contributed by atoms with Crippen molar-refractivity contribution in [3.63, 3.8) is 0 Å². The molecule has 0 aliphatic carbocycles. The number of carbonyl (C=O) groups is 2. The zero-order valence-electron chi connectivity index (χ0n) is 11.7. The van der Waals surface area contributed by atoms with Crippen LogP contribution in [0.25, 0.3) is 0 Å². The molecule has 1 aromatic carbocycles. The third-order valence-corrected chi connectivity index (χ3v) is 3.07. The van der Waals surface area contributed by atoms with E-state index in [4.69, 9.17) is 4.74 Å². The maximum absolute atomic E-state index is 12.3. The lowest BCUT2D eigenvalue weighted by Gasteiger charge is -2.33. The fourth-order valence-corrected chi connectivity index (χ4v) is 2.11. The summed E-state index contributed by atoms with van der Waals surface area (Å²) in [7, 11) is 0. The van der Waals surface area contributed by atoms with Gasteiger partial charge in [0.15, 0.2) is 0 Å². The monoisotopic (exact) mass is 274 g/mol. The Hall–Kier alpha value is -2.30. The molecule has 2 amide bonds. The smallest absolute Gasteiger partial charge is 0.246 e. The summed E-state index contributed by atoms with van der Waals surface area (Å²) in [6.45, 7) is 7.64. The predicted octanol–water partition coefficient (Wildman–Crippen LogP) is 1.41. The zero-order valence-corrected chi connectivity index (χ0v) is 11.7. The van der Waals surface area contributed by atoms with Crippen molar-refractivity contribution in [1.82, 2.24) is 5.32 Å². The van der Waals surface area contributed by atoms with Crippen LogP contribution in [-0.4, -0.2) is 31.0 Å². The van der Waals surface area contributed by atoms with Gasteiger partial charge in [0.25, 0.3) is 0 Å². The van der Waals surface area contributed by atoms with Gasteiger partial charge < -0.3 is 15.0 Å². The van der Waals surface area contributed by atoms with Crippen LogP contribution in [0.5, 0.6) is 5.75 Å². The van der Waals surface area contributed by atoms with E-state index >= 15 is 0 Å². The van der Waals surface area contributed by atoms with Crippen LogP contribution in [0.1, 0.15) is 12.5 Å². The van der Waals surface area contributed by atoms with Crippen molar-refractivity contribution in [1.29, 1.82) is 0 Å². The Kier molecular flexibility index (Phi) is 4.08. The summed E-state index contributed by atoms with van der Waals surface area (Å²) in [6.07, 6.45) is 1.07. The molecule has 0 radical (unpaired) electrons. The number of rotatable bonds is 3. The normalized spacial score (nSPS) is 16.9. The highest BCUT2D eigenvalue weighted by Crippen LogP contribution is 2.34. The molecule has 2 rings (SSSR count). The maximum Gasteiger partial charge on any atom is 0.246 e. The summed E-state index contributed by atoms with van der Waals surface area (Å²) in [5, 5.41) is 2.50. The molecule has 0 bridgehead atoms. The van der Waals surface area contributed by atoms with Gasteiger partial charge in [0.05, 0.1) is 18.8 Å². The second-order valence-corrected chi connectivity index (χ2v) is 4.83. The molecule has 20 heavy (non-hydrogen) atoms. The lowest BCUT2D eigenvalue weighted by atomic mass is 10.1. The van der Waals surface area contributed by atoms with Gasteiger partial charge in [0, 0.05) is 0 Å². The van der Waals surface area contributed by atoms with Gasteiger partial charge in [-0.15, -0.1) is 0 Å². The minimum atomic E-state index is -0.357.